The van der Waals surface area contributed by atoms with Crippen molar-refractivity contribution in [3.63, 3.8) is 0 Å². The molecule has 194 valence electrons. The summed E-state index contributed by atoms with van der Waals surface area (Å²) in [7, 11) is 0. The lowest BCUT2D eigenvalue weighted by Crippen LogP contribution is -2.55. The average molecular weight is 531 g/mol. The van der Waals surface area contributed by atoms with Gasteiger partial charge in [0.2, 0.25) is 0 Å². The van der Waals surface area contributed by atoms with E-state index in [0.29, 0.717) is 11.0 Å². The SMILES string of the molecule is O=C(Oc1cccc(N=C2C(=O)c3ccccc3C(=O)[C-]2[n+]2n[nH]c3ccccc32)c1)c1ccc([N+](=O)[O-])cc1. The molecule has 0 unspecified atom stereocenters. The minimum Gasteiger partial charge on any atom is -0.423 e. The second-order valence-electron chi connectivity index (χ2n) is 8.74. The van der Waals surface area contributed by atoms with Gasteiger partial charge in [-0.05, 0) is 41.5 Å². The van der Waals surface area contributed by atoms with Gasteiger partial charge in [0.25, 0.3) is 5.69 Å². The summed E-state index contributed by atoms with van der Waals surface area (Å²) < 4.78 is 6.80. The van der Waals surface area contributed by atoms with E-state index in [0.717, 1.165) is 0 Å². The zero-order chi connectivity index (χ0) is 27.8. The Hall–Kier alpha value is -5.97. The Morgan fingerprint density at radius 3 is 2.42 bits per heavy atom. The number of Topliss-reactive ketones (excluding diaryl/α,β-unsaturated/α-hetero) is 2. The van der Waals surface area contributed by atoms with Gasteiger partial charge >= 0.3 is 5.97 Å². The first-order valence-corrected chi connectivity index (χ1v) is 12.0. The molecule has 4 aromatic carbocycles. The van der Waals surface area contributed by atoms with Crippen molar-refractivity contribution in [1.29, 1.82) is 0 Å². The summed E-state index contributed by atoms with van der Waals surface area (Å²) in [4.78, 5) is 54.8. The highest BCUT2D eigenvalue weighted by Gasteiger charge is 2.37. The number of ketones is 2. The molecule has 1 heterocycles. The van der Waals surface area contributed by atoms with Crippen LogP contribution in [0.25, 0.3) is 11.0 Å². The van der Waals surface area contributed by atoms with Gasteiger partial charge in [-0.3, -0.25) is 15.1 Å². The lowest BCUT2D eigenvalue weighted by atomic mass is 9.84. The molecule has 0 spiro atoms. The van der Waals surface area contributed by atoms with Crippen molar-refractivity contribution in [2.24, 2.45) is 4.99 Å². The fourth-order valence-electron chi connectivity index (χ4n) is 4.36. The second-order valence-corrected chi connectivity index (χ2v) is 8.74. The Balaban J connectivity index is 1.38. The number of aliphatic imine (C=N–C) groups is 1. The number of nitro groups is 1. The Labute approximate surface area is 225 Å². The Morgan fingerprint density at radius 2 is 1.65 bits per heavy atom. The lowest BCUT2D eigenvalue weighted by Gasteiger charge is -2.27. The van der Waals surface area contributed by atoms with E-state index in [2.05, 4.69) is 15.3 Å². The zero-order valence-electron chi connectivity index (χ0n) is 20.5. The highest BCUT2D eigenvalue weighted by molar-refractivity contribution is 6.58. The molecule has 11 heteroatoms. The molecule has 0 atom stereocenters. The van der Waals surface area contributed by atoms with Crippen molar-refractivity contribution in [3.05, 3.63) is 130 Å². The molecule has 1 aromatic heterocycles. The van der Waals surface area contributed by atoms with Crippen LogP contribution in [0.2, 0.25) is 0 Å². The van der Waals surface area contributed by atoms with E-state index in [4.69, 9.17) is 4.74 Å². The number of nitro benzene ring substituents is 1. The van der Waals surface area contributed by atoms with Gasteiger partial charge in [0.15, 0.2) is 11.3 Å². The van der Waals surface area contributed by atoms with Gasteiger partial charge in [-0.25, -0.2) is 4.79 Å². The third-order valence-corrected chi connectivity index (χ3v) is 6.27. The summed E-state index contributed by atoms with van der Waals surface area (Å²) in [6.45, 7) is 0. The molecule has 1 aliphatic rings. The number of H-pyrrole nitrogens is 1. The van der Waals surface area contributed by atoms with Crippen LogP contribution in [0.5, 0.6) is 5.75 Å². The standard InChI is InChI=1S/C29H17N5O6/c35-27-21-8-1-2-9-22(21)28(36)26(33-24-11-4-3-10-23(24)31-32-33)25(27)30-18-6-5-7-20(16-18)40-29(37)17-12-14-19(15-13-17)34(38)39/h1-16,31H. The van der Waals surface area contributed by atoms with E-state index in [1.807, 2.05) is 6.07 Å². The zero-order valence-corrected chi connectivity index (χ0v) is 20.5. The van der Waals surface area contributed by atoms with Crippen molar-refractivity contribution < 1.29 is 28.7 Å². The number of carbonyl (C=O) groups excluding carboxylic acids is 3. The van der Waals surface area contributed by atoms with Crippen LogP contribution < -0.4 is 9.42 Å². The minimum atomic E-state index is -0.733. The van der Waals surface area contributed by atoms with Gasteiger partial charge in [0.1, 0.15) is 23.1 Å². The van der Waals surface area contributed by atoms with E-state index < -0.39 is 22.5 Å². The van der Waals surface area contributed by atoms with Crippen molar-refractivity contribution in [3.8, 4) is 5.75 Å². The predicted molar refractivity (Wildman–Crippen MR) is 142 cm³/mol. The molecule has 11 nitrogen and oxygen atoms in total. The largest absolute Gasteiger partial charge is 0.423 e. The first-order valence-electron chi connectivity index (χ1n) is 12.0. The lowest BCUT2D eigenvalue weighted by molar-refractivity contribution is -0.674. The number of benzene rings is 4. The quantitative estimate of drug-likeness (QED) is 0.0892. The number of hydrogen-bond acceptors (Lipinski definition) is 8. The molecule has 40 heavy (non-hydrogen) atoms. The molecule has 1 aliphatic carbocycles. The number of rotatable bonds is 5. The van der Waals surface area contributed by atoms with Crippen molar-refractivity contribution >= 4 is 45.7 Å². The number of hydrogen-bond donors (Lipinski definition) is 1. The van der Waals surface area contributed by atoms with Crippen LogP contribution in [0.4, 0.5) is 11.4 Å². The molecule has 0 bridgehead atoms. The van der Waals surface area contributed by atoms with Crippen molar-refractivity contribution in [2.45, 2.75) is 0 Å². The Kier molecular flexibility index (Phi) is 5.93. The Bertz CT molecular complexity index is 1880. The Morgan fingerprint density at radius 1 is 0.925 bits per heavy atom. The molecular weight excluding hydrogens is 514 g/mol. The van der Waals surface area contributed by atoms with Crippen LogP contribution in [0, 0.1) is 16.2 Å². The predicted octanol–water partition coefficient (Wildman–Crippen LogP) is 4.21. The normalized spacial score (nSPS) is 13.9. The highest BCUT2D eigenvalue weighted by atomic mass is 16.6. The number of para-hydroxylation sites is 2. The molecule has 5 aromatic rings. The van der Waals surface area contributed by atoms with E-state index in [1.165, 1.54) is 41.1 Å². The van der Waals surface area contributed by atoms with Crippen molar-refractivity contribution in [1.82, 2.24) is 10.3 Å². The fraction of sp³-hybridized carbons (Fsp3) is 0. The number of esters is 1. The number of non-ortho nitro benzene ring substituents is 1. The summed E-state index contributed by atoms with van der Waals surface area (Å²) in [5.74, 6) is -1.49. The van der Waals surface area contributed by atoms with Crippen LogP contribution in [0.3, 0.4) is 0 Å². The number of ether oxygens (including phenoxy) is 1. The maximum atomic E-state index is 13.7. The van der Waals surface area contributed by atoms with Gasteiger partial charge in [0.05, 0.1) is 27.1 Å². The summed E-state index contributed by atoms with van der Waals surface area (Å²) >= 11 is 0. The van der Waals surface area contributed by atoms with Gasteiger partial charge in [-0.15, -0.1) is 0 Å². The van der Waals surface area contributed by atoms with Crippen LogP contribution in [-0.2, 0) is 0 Å². The van der Waals surface area contributed by atoms with E-state index in [9.17, 15) is 24.5 Å². The summed E-state index contributed by atoms with van der Waals surface area (Å²) in [5, 5.41) is 18.0. The van der Waals surface area contributed by atoms with Gasteiger partial charge in [0, 0.05) is 18.2 Å². The van der Waals surface area contributed by atoms with E-state index >= 15 is 0 Å². The van der Waals surface area contributed by atoms with Gasteiger partial charge < -0.3 is 14.3 Å². The molecule has 0 amide bonds. The van der Waals surface area contributed by atoms with Crippen LogP contribution in [0.15, 0.2) is 102 Å². The number of aromatic amines is 1. The van der Waals surface area contributed by atoms with Gasteiger partial charge in [-0.1, -0.05) is 48.5 Å². The molecule has 0 saturated carbocycles. The van der Waals surface area contributed by atoms with Crippen LogP contribution >= 0.6 is 0 Å². The number of carbonyl (C=O) groups is 3. The average Bonchev–Trinajstić information content (AvgIpc) is 3.40. The molecule has 0 fully saturated rings. The molecule has 0 saturated heterocycles. The van der Waals surface area contributed by atoms with E-state index in [-0.39, 0.29) is 45.6 Å². The first kappa shape index (κ1) is 24.4. The fourth-order valence-corrected chi connectivity index (χ4v) is 4.36. The number of nitrogens with zero attached hydrogens (tertiary/aromatic N) is 4. The third-order valence-electron chi connectivity index (χ3n) is 6.27. The van der Waals surface area contributed by atoms with Crippen molar-refractivity contribution in [2.75, 3.05) is 0 Å². The molecule has 0 radical (unpaired) electrons. The first-order chi connectivity index (χ1) is 19.4. The molecule has 1 N–H and O–H groups in total. The number of fused-ring (bicyclic) bond motifs is 2. The summed E-state index contributed by atoms with van der Waals surface area (Å²) in [6.07, 6.45) is 0. The maximum absolute atomic E-state index is 13.7. The number of nitrogens with one attached hydrogen (secondary N) is 1. The summed E-state index contributed by atoms with van der Waals surface area (Å²) in [5.41, 5.74) is 1.79. The minimum absolute atomic E-state index is 0.0190. The molecular formula is C29H17N5O6. The van der Waals surface area contributed by atoms with Gasteiger partial charge in [-0.2, -0.15) is 9.78 Å². The summed E-state index contributed by atoms with van der Waals surface area (Å²) in [6, 6.07) is 24.8. The monoisotopic (exact) mass is 531 g/mol. The number of aromatic nitrogens is 3. The highest BCUT2D eigenvalue weighted by Crippen LogP contribution is 2.28. The third kappa shape index (κ3) is 4.27. The van der Waals surface area contributed by atoms with Crippen LogP contribution in [-0.4, -0.2) is 38.5 Å². The molecule has 6 rings (SSSR count). The topological polar surface area (TPSA) is 148 Å². The van der Waals surface area contributed by atoms with Crippen LogP contribution in [0.1, 0.15) is 31.1 Å². The smallest absolute Gasteiger partial charge is 0.343 e. The molecule has 0 aliphatic heterocycles. The second kappa shape index (κ2) is 9.72. The maximum Gasteiger partial charge on any atom is 0.343 e. The van der Waals surface area contributed by atoms with E-state index in [1.54, 1.807) is 54.6 Å².